The number of rotatable bonds is 8. The SMILES string of the molecule is Cc1ccc2c(S(=O)(=O)NC(=O)C3(c4cc(C5CCC5)cnc4N4CCC(OC(C)C)CC4)CC3)cccc2n1. The minimum absolute atomic E-state index is 0.0652. The van der Waals surface area contributed by atoms with E-state index in [2.05, 4.69) is 34.5 Å². The van der Waals surface area contributed by atoms with Crippen LogP contribution in [-0.2, 0) is 25.0 Å². The van der Waals surface area contributed by atoms with Gasteiger partial charge in [0, 0.05) is 35.9 Å². The number of carbonyl (C=O) groups is 1. The van der Waals surface area contributed by atoms with Crippen molar-refractivity contribution in [3.63, 3.8) is 0 Å². The van der Waals surface area contributed by atoms with Gasteiger partial charge < -0.3 is 9.64 Å². The quantitative estimate of drug-likeness (QED) is 0.406. The number of carbonyl (C=O) groups excluding carboxylic acids is 1. The van der Waals surface area contributed by atoms with Crippen molar-refractivity contribution >= 4 is 32.7 Å². The Morgan fingerprint density at radius 2 is 1.85 bits per heavy atom. The van der Waals surface area contributed by atoms with E-state index in [1.54, 1.807) is 24.3 Å². The number of hydrogen-bond donors (Lipinski definition) is 1. The average Bonchev–Trinajstić information content (AvgIpc) is 3.69. The second kappa shape index (κ2) is 10.4. The fourth-order valence-electron chi connectivity index (χ4n) is 6.11. The fraction of sp³-hybridized carbons (Fsp3) is 0.516. The summed E-state index contributed by atoms with van der Waals surface area (Å²) in [5.41, 5.74) is 2.50. The molecule has 0 spiro atoms. The van der Waals surface area contributed by atoms with Gasteiger partial charge in [0.2, 0.25) is 5.91 Å². The molecule has 40 heavy (non-hydrogen) atoms. The van der Waals surface area contributed by atoms with Crippen LogP contribution in [0.5, 0.6) is 0 Å². The maximum atomic E-state index is 13.9. The van der Waals surface area contributed by atoms with E-state index in [4.69, 9.17) is 9.72 Å². The second-order valence-corrected chi connectivity index (χ2v) is 13.6. The lowest BCUT2D eigenvalue weighted by Gasteiger charge is -2.36. The second-order valence-electron chi connectivity index (χ2n) is 11.9. The van der Waals surface area contributed by atoms with Crippen LogP contribution in [-0.4, -0.2) is 49.6 Å². The molecular weight excluding hydrogens is 524 g/mol. The number of aromatic nitrogens is 2. The van der Waals surface area contributed by atoms with Crippen molar-refractivity contribution < 1.29 is 17.9 Å². The molecule has 3 fully saturated rings. The van der Waals surface area contributed by atoms with Gasteiger partial charge in [-0.2, -0.15) is 0 Å². The number of benzene rings is 1. The van der Waals surface area contributed by atoms with Crippen molar-refractivity contribution in [2.45, 2.75) is 94.2 Å². The molecular formula is C31H38N4O4S. The van der Waals surface area contributed by atoms with Crippen LogP contribution in [0, 0.1) is 6.92 Å². The third-order valence-corrected chi connectivity index (χ3v) is 10.1. The van der Waals surface area contributed by atoms with Crippen LogP contribution in [0.25, 0.3) is 10.9 Å². The van der Waals surface area contributed by atoms with Crippen LogP contribution in [0.4, 0.5) is 5.82 Å². The maximum absolute atomic E-state index is 13.9. The molecule has 2 aliphatic carbocycles. The van der Waals surface area contributed by atoms with E-state index in [1.165, 1.54) is 12.5 Å². The number of nitrogens with zero attached hydrogens (tertiary/aromatic N) is 3. The zero-order valence-corrected chi connectivity index (χ0v) is 24.3. The highest BCUT2D eigenvalue weighted by Gasteiger charge is 2.54. The van der Waals surface area contributed by atoms with Crippen LogP contribution in [0.15, 0.2) is 47.5 Å². The van der Waals surface area contributed by atoms with Gasteiger partial charge in [0.05, 0.1) is 28.0 Å². The van der Waals surface area contributed by atoms with Crippen molar-refractivity contribution in [2.24, 2.45) is 0 Å². The van der Waals surface area contributed by atoms with Gasteiger partial charge in [-0.15, -0.1) is 0 Å². The third-order valence-electron chi connectivity index (χ3n) is 8.72. The first-order valence-corrected chi connectivity index (χ1v) is 16.0. The van der Waals surface area contributed by atoms with E-state index in [1.807, 2.05) is 13.1 Å². The summed E-state index contributed by atoms with van der Waals surface area (Å²) in [5.74, 6) is 0.789. The number of pyridine rings is 2. The number of aryl methyl sites for hydroxylation is 1. The Morgan fingerprint density at radius 3 is 2.50 bits per heavy atom. The van der Waals surface area contributed by atoms with Crippen molar-refractivity contribution in [3.8, 4) is 0 Å². The first-order chi connectivity index (χ1) is 19.2. The van der Waals surface area contributed by atoms with E-state index in [9.17, 15) is 13.2 Å². The Labute approximate surface area is 236 Å². The van der Waals surface area contributed by atoms with Crippen molar-refractivity contribution in [2.75, 3.05) is 18.0 Å². The van der Waals surface area contributed by atoms with Crippen LogP contribution < -0.4 is 9.62 Å². The van der Waals surface area contributed by atoms with Gasteiger partial charge in [0.1, 0.15) is 5.82 Å². The highest BCUT2D eigenvalue weighted by molar-refractivity contribution is 7.90. The Hall–Kier alpha value is -3.04. The zero-order valence-electron chi connectivity index (χ0n) is 23.5. The predicted octanol–water partition coefficient (Wildman–Crippen LogP) is 5.14. The van der Waals surface area contributed by atoms with Crippen molar-refractivity contribution in [3.05, 3.63) is 59.4 Å². The molecule has 0 radical (unpaired) electrons. The summed E-state index contributed by atoms with van der Waals surface area (Å²) in [4.78, 5) is 25.6. The standard InChI is InChI=1S/C31H38N4O4S/c1-20(2)39-24-12-16-35(17-13-24)29-26(18-23(19-32-29)22-6-4-7-22)31(14-15-31)30(36)34-40(37,38)28-9-5-8-27-25(28)11-10-21(3)33-27/h5,8-11,18-20,22,24H,4,6-7,12-17H2,1-3H3,(H,34,36). The number of piperidine rings is 1. The molecule has 1 aromatic carbocycles. The van der Waals surface area contributed by atoms with Gasteiger partial charge in [0.25, 0.3) is 10.0 Å². The summed E-state index contributed by atoms with van der Waals surface area (Å²) in [6, 6.07) is 10.7. The Kier molecular flexibility index (Phi) is 7.07. The van der Waals surface area contributed by atoms with Gasteiger partial charge in [-0.3, -0.25) is 9.78 Å². The van der Waals surface area contributed by atoms with E-state index in [0.717, 1.165) is 61.4 Å². The lowest BCUT2D eigenvalue weighted by Crippen LogP contribution is -2.42. The molecule has 0 unspecified atom stereocenters. The number of hydrogen-bond acceptors (Lipinski definition) is 7. The topological polar surface area (TPSA) is 101 Å². The van der Waals surface area contributed by atoms with Gasteiger partial charge in [-0.25, -0.2) is 18.1 Å². The molecule has 3 heterocycles. The summed E-state index contributed by atoms with van der Waals surface area (Å²) in [5, 5.41) is 0.499. The largest absolute Gasteiger partial charge is 0.375 e. The molecule has 8 nitrogen and oxygen atoms in total. The summed E-state index contributed by atoms with van der Waals surface area (Å²) in [6.45, 7) is 7.56. The Balaban J connectivity index is 1.31. The van der Waals surface area contributed by atoms with Crippen molar-refractivity contribution in [1.29, 1.82) is 0 Å². The van der Waals surface area contributed by atoms with Crippen LogP contribution in [0.1, 0.15) is 81.5 Å². The van der Waals surface area contributed by atoms with E-state index in [-0.39, 0.29) is 17.1 Å². The zero-order chi connectivity index (χ0) is 28.1. The number of sulfonamides is 1. The summed E-state index contributed by atoms with van der Waals surface area (Å²) >= 11 is 0. The Morgan fingerprint density at radius 1 is 1.10 bits per heavy atom. The van der Waals surface area contributed by atoms with E-state index < -0.39 is 21.3 Å². The molecule has 1 aliphatic heterocycles. The minimum atomic E-state index is -4.12. The molecule has 2 saturated carbocycles. The Bertz CT molecular complexity index is 1540. The molecule has 0 atom stereocenters. The summed E-state index contributed by atoms with van der Waals surface area (Å²) < 4.78 is 35.7. The molecule has 3 aliphatic rings. The van der Waals surface area contributed by atoms with E-state index in [0.29, 0.717) is 29.7 Å². The molecule has 9 heteroatoms. The lowest BCUT2D eigenvalue weighted by atomic mass is 9.79. The highest BCUT2D eigenvalue weighted by Crippen LogP contribution is 2.52. The first-order valence-electron chi connectivity index (χ1n) is 14.5. The number of amides is 1. The van der Waals surface area contributed by atoms with Crippen LogP contribution >= 0.6 is 0 Å². The number of ether oxygens (including phenoxy) is 1. The number of fused-ring (bicyclic) bond motifs is 1. The van der Waals surface area contributed by atoms with E-state index >= 15 is 0 Å². The lowest BCUT2D eigenvalue weighted by molar-refractivity contribution is -0.121. The van der Waals surface area contributed by atoms with Crippen LogP contribution in [0.2, 0.25) is 0 Å². The fourth-order valence-corrected chi connectivity index (χ4v) is 7.38. The third kappa shape index (κ3) is 5.09. The molecule has 0 bridgehead atoms. The van der Waals surface area contributed by atoms with Crippen molar-refractivity contribution in [1.82, 2.24) is 14.7 Å². The normalized spacial score (nSPS) is 19.6. The van der Waals surface area contributed by atoms with Gasteiger partial charge in [-0.1, -0.05) is 12.5 Å². The summed E-state index contributed by atoms with van der Waals surface area (Å²) in [6.07, 6.45) is 8.81. The van der Waals surface area contributed by atoms with Gasteiger partial charge in [0.15, 0.2) is 0 Å². The minimum Gasteiger partial charge on any atom is -0.375 e. The monoisotopic (exact) mass is 562 g/mol. The molecule has 212 valence electrons. The molecule has 1 amide bonds. The van der Waals surface area contributed by atoms with Gasteiger partial charge in [-0.05, 0) is 101 Å². The predicted molar refractivity (Wildman–Crippen MR) is 155 cm³/mol. The molecule has 6 rings (SSSR count). The molecule has 1 saturated heterocycles. The molecule has 1 N–H and O–H groups in total. The average molecular weight is 563 g/mol. The smallest absolute Gasteiger partial charge is 0.264 e. The van der Waals surface area contributed by atoms with Gasteiger partial charge >= 0.3 is 0 Å². The molecule has 3 aromatic rings. The maximum Gasteiger partial charge on any atom is 0.264 e. The first kappa shape index (κ1) is 27.1. The van der Waals surface area contributed by atoms with Crippen LogP contribution in [0.3, 0.4) is 0 Å². The highest BCUT2D eigenvalue weighted by atomic mass is 32.2. The number of nitrogens with one attached hydrogen (secondary N) is 1. The molecule has 2 aromatic heterocycles. The number of anilines is 1. The summed E-state index contributed by atoms with van der Waals surface area (Å²) in [7, 11) is -4.12.